The summed E-state index contributed by atoms with van der Waals surface area (Å²) >= 11 is 0. The molecule has 0 aliphatic heterocycles. The second-order valence-electron chi connectivity index (χ2n) is 4.45. The van der Waals surface area contributed by atoms with Crippen molar-refractivity contribution in [2.24, 2.45) is 0 Å². The molecule has 2 aromatic rings. The van der Waals surface area contributed by atoms with Crippen LogP contribution in [0.25, 0.3) is 10.9 Å². The van der Waals surface area contributed by atoms with Gasteiger partial charge in [0.1, 0.15) is 6.04 Å². The number of hydrogen-bond acceptors (Lipinski definition) is 4. The number of hydrogen-bond donors (Lipinski definition) is 1. The Morgan fingerprint density at radius 3 is 2.86 bits per heavy atom. The molecule has 1 atom stereocenters. The summed E-state index contributed by atoms with van der Waals surface area (Å²) in [7, 11) is 1.28. The molecule has 1 aromatic carbocycles. The lowest BCUT2D eigenvalue weighted by Crippen LogP contribution is -2.41. The van der Waals surface area contributed by atoms with Crippen molar-refractivity contribution in [2.45, 2.75) is 12.5 Å². The quantitative estimate of drug-likeness (QED) is 0.674. The summed E-state index contributed by atoms with van der Waals surface area (Å²) in [5, 5.41) is 3.40. The fourth-order valence-corrected chi connectivity index (χ4v) is 2.05. The van der Waals surface area contributed by atoms with E-state index in [1.807, 2.05) is 24.3 Å². The molecular formula is C16H16N2O3. The third kappa shape index (κ3) is 3.25. The zero-order chi connectivity index (χ0) is 15.2. The van der Waals surface area contributed by atoms with Crippen molar-refractivity contribution in [1.82, 2.24) is 10.3 Å². The van der Waals surface area contributed by atoms with Crippen LogP contribution < -0.4 is 5.32 Å². The molecule has 0 unspecified atom stereocenters. The van der Waals surface area contributed by atoms with E-state index >= 15 is 0 Å². The Morgan fingerprint density at radius 2 is 2.14 bits per heavy atom. The number of carbonyl (C=O) groups is 2. The minimum Gasteiger partial charge on any atom is -0.467 e. The molecule has 0 saturated carbocycles. The zero-order valence-electron chi connectivity index (χ0n) is 11.7. The Kier molecular flexibility index (Phi) is 4.66. The van der Waals surface area contributed by atoms with Crippen molar-refractivity contribution < 1.29 is 14.3 Å². The second-order valence-corrected chi connectivity index (χ2v) is 4.45. The summed E-state index contributed by atoms with van der Waals surface area (Å²) in [6, 6.07) is 8.21. The largest absolute Gasteiger partial charge is 0.467 e. The number of rotatable bonds is 5. The minimum atomic E-state index is -0.744. The average Bonchev–Trinajstić information content (AvgIpc) is 2.53. The Morgan fingerprint density at radius 1 is 1.38 bits per heavy atom. The minimum absolute atomic E-state index is 0.307. The van der Waals surface area contributed by atoms with E-state index in [9.17, 15) is 9.59 Å². The van der Waals surface area contributed by atoms with Crippen LogP contribution in [0, 0.1) is 0 Å². The van der Waals surface area contributed by atoms with E-state index in [0.29, 0.717) is 12.0 Å². The molecule has 1 amide bonds. The summed E-state index contributed by atoms with van der Waals surface area (Å²) in [6.07, 6.45) is 3.44. The maximum Gasteiger partial charge on any atom is 0.328 e. The van der Waals surface area contributed by atoms with E-state index in [4.69, 9.17) is 0 Å². The highest BCUT2D eigenvalue weighted by Gasteiger charge is 2.21. The standard InChI is InChI=1S/C16H16N2O3/c1-3-6-14(16(20)21-2)18-15(19)12-9-10-17-13-8-5-4-7-11(12)13/h3-5,7-10,14H,1,6H2,2H3,(H,18,19)/t14-/m0/s1. The third-order valence-electron chi connectivity index (χ3n) is 3.09. The molecule has 5 heteroatoms. The number of carbonyl (C=O) groups excluding carboxylic acids is 2. The summed E-state index contributed by atoms with van der Waals surface area (Å²) in [5.41, 5.74) is 1.20. The first kappa shape index (κ1) is 14.7. The van der Waals surface area contributed by atoms with Crippen molar-refractivity contribution in [1.29, 1.82) is 0 Å². The normalized spacial score (nSPS) is 11.7. The van der Waals surface area contributed by atoms with Gasteiger partial charge >= 0.3 is 5.97 Å². The molecule has 1 N–H and O–H groups in total. The molecule has 0 aliphatic rings. The number of benzene rings is 1. The SMILES string of the molecule is C=CC[C@H](NC(=O)c1ccnc2ccccc12)C(=O)OC. The van der Waals surface area contributed by atoms with Gasteiger partial charge in [0.15, 0.2) is 0 Å². The maximum atomic E-state index is 12.4. The number of methoxy groups -OCH3 is 1. The predicted octanol–water partition coefficient (Wildman–Crippen LogP) is 2.08. The Bertz CT molecular complexity index is 677. The zero-order valence-corrected chi connectivity index (χ0v) is 11.7. The number of fused-ring (bicyclic) bond motifs is 1. The molecule has 2 rings (SSSR count). The van der Waals surface area contributed by atoms with Gasteiger partial charge in [-0.2, -0.15) is 0 Å². The number of amides is 1. The van der Waals surface area contributed by atoms with E-state index < -0.39 is 12.0 Å². The van der Waals surface area contributed by atoms with E-state index in [0.717, 1.165) is 10.9 Å². The van der Waals surface area contributed by atoms with Crippen LogP contribution >= 0.6 is 0 Å². The van der Waals surface area contributed by atoms with Gasteiger partial charge in [-0.3, -0.25) is 9.78 Å². The van der Waals surface area contributed by atoms with Gasteiger partial charge in [0.25, 0.3) is 5.91 Å². The summed E-state index contributed by atoms with van der Waals surface area (Å²) in [4.78, 5) is 28.2. The van der Waals surface area contributed by atoms with Crippen LogP contribution in [-0.2, 0) is 9.53 Å². The number of aromatic nitrogens is 1. The number of nitrogens with one attached hydrogen (secondary N) is 1. The lowest BCUT2D eigenvalue weighted by atomic mass is 10.1. The van der Waals surface area contributed by atoms with Crippen molar-refractivity contribution in [2.75, 3.05) is 7.11 Å². The monoisotopic (exact) mass is 284 g/mol. The average molecular weight is 284 g/mol. The topological polar surface area (TPSA) is 68.3 Å². The summed E-state index contributed by atoms with van der Waals surface area (Å²) in [5.74, 6) is -0.840. The Hall–Kier alpha value is -2.69. The van der Waals surface area contributed by atoms with E-state index in [1.165, 1.54) is 7.11 Å². The first-order chi connectivity index (χ1) is 10.2. The molecule has 5 nitrogen and oxygen atoms in total. The van der Waals surface area contributed by atoms with Gasteiger partial charge in [-0.15, -0.1) is 6.58 Å². The lowest BCUT2D eigenvalue weighted by Gasteiger charge is -2.15. The number of pyridine rings is 1. The highest BCUT2D eigenvalue weighted by molar-refractivity contribution is 6.07. The van der Waals surface area contributed by atoms with E-state index in [-0.39, 0.29) is 5.91 Å². The summed E-state index contributed by atoms with van der Waals surface area (Å²) in [6.45, 7) is 3.58. The number of ether oxygens (including phenoxy) is 1. The van der Waals surface area contributed by atoms with Crippen LogP contribution in [0.3, 0.4) is 0 Å². The Balaban J connectivity index is 2.29. The molecule has 0 aliphatic carbocycles. The second kappa shape index (κ2) is 6.65. The van der Waals surface area contributed by atoms with Crippen LogP contribution in [0.5, 0.6) is 0 Å². The molecular weight excluding hydrogens is 268 g/mol. The van der Waals surface area contributed by atoms with Gasteiger partial charge in [-0.1, -0.05) is 24.3 Å². The number of nitrogens with zero attached hydrogens (tertiary/aromatic N) is 1. The van der Waals surface area contributed by atoms with E-state index in [2.05, 4.69) is 21.6 Å². The molecule has 0 radical (unpaired) electrons. The van der Waals surface area contributed by atoms with Crippen molar-refractivity contribution in [3.8, 4) is 0 Å². The molecule has 0 spiro atoms. The molecule has 0 bridgehead atoms. The molecule has 1 heterocycles. The molecule has 108 valence electrons. The highest BCUT2D eigenvalue weighted by atomic mass is 16.5. The first-order valence-corrected chi connectivity index (χ1v) is 6.50. The van der Waals surface area contributed by atoms with Crippen LogP contribution in [0.4, 0.5) is 0 Å². The highest BCUT2D eigenvalue weighted by Crippen LogP contribution is 2.16. The van der Waals surface area contributed by atoms with Crippen LogP contribution in [0.2, 0.25) is 0 Å². The molecule has 21 heavy (non-hydrogen) atoms. The summed E-state index contributed by atoms with van der Waals surface area (Å²) < 4.78 is 4.68. The molecule has 0 fully saturated rings. The van der Waals surface area contributed by atoms with Crippen molar-refractivity contribution >= 4 is 22.8 Å². The fraction of sp³-hybridized carbons (Fsp3) is 0.188. The lowest BCUT2D eigenvalue weighted by molar-refractivity contribution is -0.142. The molecule has 0 saturated heterocycles. The van der Waals surface area contributed by atoms with Crippen molar-refractivity contribution in [3.05, 3.63) is 54.7 Å². The van der Waals surface area contributed by atoms with Crippen LogP contribution in [-0.4, -0.2) is 30.0 Å². The van der Waals surface area contributed by atoms with Gasteiger partial charge in [0.05, 0.1) is 18.2 Å². The number of para-hydroxylation sites is 1. The number of esters is 1. The van der Waals surface area contributed by atoms with Gasteiger partial charge in [0.2, 0.25) is 0 Å². The Labute approximate surface area is 122 Å². The van der Waals surface area contributed by atoms with Gasteiger partial charge in [-0.25, -0.2) is 4.79 Å². The van der Waals surface area contributed by atoms with E-state index in [1.54, 1.807) is 18.3 Å². The van der Waals surface area contributed by atoms with Crippen molar-refractivity contribution in [3.63, 3.8) is 0 Å². The smallest absolute Gasteiger partial charge is 0.328 e. The molecule has 1 aromatic heterocycles. The van der Waals surface area contributed by atoms with Gasteiger partial charge in [-0.05, 0) is 18.6 Å². The van der Waals surface area contributed by atoms with Crippen LogP contribution in [0.1, 0.15) is 16.8 Å². The third-order valence-corrected chi connectivity index (χ3v) is 3.09. The predicted molar refractivity (Wildman–Crippen MR) is 79.8 cm³/mol. The first-order valence-electron chi connectivity index (χ1n) is 6.50. The van der Waals surface area contributed by atoms with Gasteiger partial charge < -0.3 is 10.1 Å². The maximum absolute atomic E-state index is 12.4. The van der Waals surface area contributed by atoms with Gasteiger partial charge in [0, 0.05) is 11.6 Å². The fourth-order valence-electron chi connectivity index (χ4n) is 2.05. The van der Waals surface area contributed by atoms with Crippen LogP contribution in [0.15, 0.2) is 49.2 Å².